The van der Waals surface area contributed by atoms with Crippen molar-refractivity contribution in [1.29, 1.82) is 0 Å². The molecule has 0 fully saturated rings. The van der Waals surface area contributed by atoms with E-state index in [0.717, 1.165) is 100 Å². The highest BCUT2D eigenvalue weighted by Crippen LogP contribution is 2.58. The fourth-order valence-electron chi connectivity index (χ4n) is 9.77. The molecular formula is C52H40N4O2. The first-order chi connectivity index (χ1) is 28.4. The number of anilines is 10. The number of para-hydroxylation sites is 6. The molecule has 4 heterocycles. The van der Waals surface area contributed by atoms with Crippen molar-refractivity contribution in [3.63, 3.8) is 0 Å². The van der Waals surface area contributed by atoms with E-state index in [1.807, 2.05) is 12.1 Å². The molecule has 2 aromatic heterocycles. The molecule has 6 heteroatoms. The van der Waals surface area contributed by atoms with Crippen LogP contribution in [0, 0.1) is 0 Å². The fourth-order valence-corrected chi connectivity index (χ4v) is 9.77. The summed E-state index contributed by atoms with van der Waals surface area (Å²) in [5, 5.41) is 6.80. The molecule has 2 aliphatic rings. The second kappa shape index (κ2) is 12.2. The van der Waals surface area contributed by atoms with Gasteiger partial charge in [-0.1, -0.05) is 84.9 Å². The van der Waals surface area contributed by atoms with Crippen LogP contribution in [0.3, 0.4) is 0 Å². The highest BCUT2D eigenvalue weighted by atomic mass is 16.3. The van der Waals surface area contributed by atoms with Crippen molar-refractivity contribution < 1.29 is 8.83 Å². The van der Waals surface area contributed by atoms with Crippen LogP contribution in [0.2, 0.25) is 0 Å². The predicted molar refractivity (Wildman–Crippen MR) is 242 cm³/mol. The lowest BCUT2D eigenvalue weighted by atomic mass is 9.98. The van der Waals surface area contributed by atoms with Crippen LogP contribution in [0.15, 0.2) is 167 Å². The average molecular weight is 753 g/mol. The molecule has 0 aliphatic carbocycles. The SMILES string of the molecule is CC(C)N1c2ccccc2N(c2cccc3c(N4c5ccccc5N(C(C)C)c5cc6c(cc54)oc4ccccc46)cccc23)c2cc3oc4ccccc4c3cc21. The smallest absolute Gasteiger partial charge is 0.137 e. The number of fused-ring (bicyclic) bond motifs is 11. The summed E-state index contributed by atoms with van der Waals surface area (Å²) < 4.78 is 13.1. The van der Waals surface area contributed by atoms with Crippen molar-refractivity contribution in [2.75, 3.05) is 19.6 Å². The Morgan fingerprint density at radius 2 is 0.655 bits per heavy atom. The van der Waals surface area contributed by atoms with Gasteiger partial charge in [-0.25, -0.2) is 0 Å². The number of rotatable bonds is 4. The molecule has 0 spiro atoms. The number of nitrogens with zero attached hydrogens (tertiary/aromatic N) is 4. The van der Waals surface area contributed by atoms with Gasteiger partial charge in [0.05, 0.1) is 56.9 Å². The minimum Gasteiger partial charge on any atom is -0.456 e. The van der Waals surface area contributed by atoms with Crippen molar-refractivity contribution in [3.8, 4) is 0 Å². The summed E-state index contributed by atoms with van der Waals surface area (Å²) in [7, 11) is 0. The summed E-state index contributed by atoms with van der Waals surface area (Å²) in [5.74, 6) is 0. The Bertz CT molecular complexity index is 3080. The molecule has 2 aliphatic heterocycles. The molecule has 0 saturated carbocycles. The molecule has 6 nitrogen and oxygen atoms in total. The molecule has 58 heavy (non-hydrogen) atoms. The van der Waals surface area contributed by atoms with Gasteiger partial charge in [0, 0.05) is 56.5 Å². The zero-order valence-corrected chi connectivity index (χ0v) is 32.8. The lowest BCUT2D eigenvalue weighted by Gasteiger charge is -2.43. The third-order valence-corrected chi connectivity index (χ3v) is 12.1. The number of hydrogen-bond donors (Lipinski definition) is 0. The van der Waals surface area contributed by atoms with E-state index in [2.05, 4.69) is 193 Å². The van der Waals surface area contributed by atoms with Crippen LogP contribution in [0.5, 0.6) is 0 Å². The van der Waals surface area contributed by atoms with E-state index in [9.17, 15) is 0 Å². The maximum absolute atomic E-state index is 6.55. The van der Waals surface area contributed by atoms with Gasteiger partial charge in [-0.2, -0.15) is 0 Å². The van der Waals surface area contributed by atoms with Crippen molar-refractivity contribution in [3.05, 3.63) is 158 Å². The van der Waals surface area contributed by atoms with Crippen molar-refractivity contribution in [2.45, 2.75) is 39.8 Å². The Labute approximate surface area is 336 Å². The Morgan fingerprint density at radius 3 is 1.09 bits per heavy atom. The van der Waals surface area contributed by atoms with E-state index in [1.165, 1.54) is 11.4 Å². The van der Waals surface area contributed by atoms with E-state index in [1.54, 1.807) is 0 Å². The normalized spacial score (nSPS) is 13.7. The van der Waals surface area contributed by atoms with Crippen LogP contribution in [0.25, 0.3) is 54.6 Å². The van der Waals surface area contributed by atoms with Gasteiger partial charge in [0.25, 0.3) is 0 Å². The van der Waals surface area contributed by atoms with E-state index in [-0.39, 0.29) is 12.1 Å². The first-order valence-corrected chi connectivity index (χ1v) is 20.2. The summed E-state index contributed by atoms with van der Waals surface area (Å²) >= 11 is 0. The van der Waals surface area contributed by atoms with Gasteiger partial charge >= 0.3 is 0 Å². The molecule has 8 aromatic carbocycles. The third-order valence-electron chi connectivity index (χ3n) is 12.1. The zero-order chi connectivity index (χ0) is 38.8. The molecule has 10 aromatic rings. The molecule has 0 amide bonds. The summed E-state index contributed by atoms with van der Waals surface area (Å²) in [6, 6.07) is 57.3. The van der Waals surface area contributed by atoms with E-state index < -0.39 is 0 Å². The quantitative estimate of drug-likeness (QED) is 0.178. The number of hydrogen-bond acceptors (Lipinski definition) is 6. The molecule has 0 atom stereocenters. The summed E-state index contributed by atoms with van der Waals surface area (Å²) in [4.78, 5) is 9.83. The van der Waals surface area contributed by atoms with Crippen molar-refractivity contribution in [1.82, 2.24) is 0 Å². The minimum absolute atomic E-state index is 0.222. The highest BCUT2D eigenvalue weighted by molar-refractivity contribution is 6.16. The largest absolute Gasteiger partial charge is 0.456 e. The topological polar surface area (TPSA) is 39.2 Å². The van der Waals surface area contributed by atoms with Crippen molar-refractivity contribution in [2.24, 2.45) is 0 Å². The van der Waals surface area contributed by atoms with Crippen LogP contribution in [0.1, 0.15) is 27.7 Å². The van der Waals surface area contributed by atoms with Crippen LogP contribution < -0.4 is 19.6 Å². The summed E-state index contributed by atoms with van der Waals surface area (Å²) in [6.07, 6.45) is 0. The third kappa shape index (κ3) is 4.54. The Balaban J connectivity index is 1.12. The van der Waals surface area contributed by atoms with Crippen LogP contribution in [-0.4, -0.2) is 12.1 Å². The van der Waals surface area contributed by atoms with E-state index >= 15 is 0 Å². The van der Waals surface area contributed by atoms with Gasteiger partial charge < -0.3 is 28.4 Å². The molecule has 12 rings (SSSR count). The van der Waals surface area contributed by atoms with Crippen molar-refractivity contribution >= 4 is 112 Å². The van der Waals surface area contributed by atoms with Gasteiger partial charge in [-0.15, -0.1) is 0 Å². The number of benzene rings is 8. The Hall–Kier alpha value is -7.18. The molecule has 0 unspecified atom stereocenters. The second-order valence-corrected chi connectivity index (χ2v) is 16.1. The standard InChI is InChI=1S/C52H40N4O2/c1-31(2)53-41-19-7-9-21-43(41)55(47-29-51-37(27-45(47)53)35-15-5-11-25-49(35)57-51)39-23-13-18-34-33(39)17-14-24-40(34)56-44-22-10-8-20-42(44)54(32(3)4)46-28-38-36-16-6-12-26-50(36)58-52(38)30-48(46)56/h5-32H,1-4H3. The fraction of sp³-hybridized carbons (Fsp3) is 0.115. The number of furan rings is 2. The summed E-state index contributed by atoms with van der Waals surface area (Å²) in [6.45, 7) is 9.08. The molecule has 0 bridgehead atoms. The Morgan fingerprint density at radius 1 is 0.293 bits per heavy atom. The van der Waals surface area contributed by atoms with Gasteiger partial charge in [-0.05, 0) is 88.4 Å². The molecule has 0 saturated heterocycles. The monoisotopic (exact) mass is 752 g/mol. The van der Waals surface area contributed by atoms with Gasteiger partial charge in [0.1, 0.15) is 22.3 Å². The minimum atomic E-state index is 0.222. The second-order valence-electron chi connectivity index (χ2n) is 16.1. The van der Waals surface area contributed by atoms with Gasteiger partial charge in [0.2, 0.25) is 0 Å². The van der Waals surface area contributed by atoms with E-state index in [4.69, 9.17) is 8.83 Å². The maximum Gasteiger partial charge on any atom is 0.137 e. The van der Waals surface area contributed by atoms with Crippen LogP contribution in [-0.2, 0) is 0 Å². The Kier molecular flexibility index (Phi) is 6.92. The van der Waals surface area contributed by atoms with Gasteiger partial charge in [-0.3, -0.25) is 0 Å². The first-order valence-electron chi connectivity index (χ1n) is 20.2. The maximum atomic E-state index is 6.55. The average Bonchev–Trinajstić information content (AvgIpc) is 3.79. The molecular weight excluding hydrogens is 713 g/mol. The molecule has 280 valence electrons. The van der Waals surface area contributed by atoms with Crippen LogP contribution in [0.4, 0.5) is 56.9 Å². The zero-order valence-electron chi connectivity index (χ0n) is 32.8. The summed E-state index contributed by atoms with van der Waals surface area (Å²) in [5.41, 5.74) is 14.9. The molecule has 0 N–H and O–H groups in total. The van der Waals surface area contributed by atoms with Crippen LogP contribution >= 0.6 is 0 Å². The lowest BCUT2D eigenvalue weighted by molar-refractivity contribution is 0.668. The molecule has 0 radical (unpaired) electrons. The predicted octanol–water partition coefficient (Wildman–Crippen LogP) is 15.3. The lowest BCUT2D eigenvalue weighted by Crippen LogP contribution is -2.32. The highest BCUT2D eigenvalue weighted by Gasteiger charge is 2.35. The first kappa shape index (κ1) is 33.0. The van der Waals surface area contributed by atoms with Gasteiger partial charge in [0.15, 0.2) is 0 Å². The van der Waals surface area contributed by atoms with E-state index in [0.29, 0.717) is 0 Å².